The number of aromatic carboxylic acids is 1. The van der Waals surface area contributed by atoms with Gasteiger partial charge in [-0.05, 0) is 31.4 Å². The predicted octanol–water partition coefficient (Wildman–Crippen LogP) is 2.83. The van der Waals surface area contributed by atoms with E-state index >= 15 is 0 Å². The van der Waals surface area contributed by atoms with Crippen LogP contribution < -0.4 is 5.32 Å². The topological polar surface area (TPSA) is 62.2 Å². The van der Waals surface area contributed by atoms with E-state index in [9.17, 15) is 9.90 Å². The summed E-state index contributed by atoms with van der Waals surface area (Å²) in [7, 11) is 0. The van der Waals surface area contributed by atoms with Gasteiger partial charge in [0, 0.05) is 12.2 Å². The fourth-order valence-corrected chi connectivity index (χ4v) is 2.38. The van der Waals surface area contributed by atoms with Crippen molar-refractivity contribution >= 4 is 11.8 Å². The number of aryl methyl sites for hydroxylation is 1. The Morgan fingerprint density at radius 1 is 1.41 bits per heavy atom. The third kappa shape index (κ3) is 2.75. The van der Waals surface area contributed by atoms with E-state index in [0.717, 1.165) is 18.4 Å². The summed E-state index contributed by atoms with van der Waals surface area (Å²) in [5.74, 6) is -0.390. The highest BCUT2D eigenvalue weighted by atomic mass is 16.4. The largest absolute Gasteiger partial charge is 0.478 e. The Labute approximate surface area is 101 Å². The highest BCUT2D eigenvalue weighted by Crippen LogP contribution is 2.23. The standard InChI is InChI=1S/C13H18N2O2/c1-9-7-8-14-12(11(9)13(16)17)15-10-5-3-2-4-6-10/h7-8,10H,2-6H2,1H3,(H,14,15)(H,16,17). The van der Waals surface area contributed by atoms with E-state index in [1.54, 1.807) is 19.2 Å². The number of nitrogens with one attached hydrogen (secondary N) is 1. The van der Waals surface area contributed by atoms with Crippen LogP contribution in [0.5, 0.6) is 0 Å². The predicted molar refractivity (Wildman–Crippen MR) is 66.4 cm³/mol. The summed E-state index contributed by atoms with van der Waals surface area (Å²) < 4.78 is 0. The molecule has 4 heteroatoms. The smallest absolute Gasteiger partial charge is 0.339 e. The van der Waals surface area contributed by atoms with Gasteiger partial charge in [-0.15, -0.1) is 0 Å². The first-order valence-electron chi connectivity index (χ1n) is 6.14. The van der Waals surface area contributed by atoms with E-state index in [4.69, 9.17) is 0 Å². The van der Waals surface area contributed by atoms with Crippen molar-refractivity contribution in [2.45, 2.75) is 45.1 Å². The van der Waals surface area contributed by atoms with E-state index in [-0.39, 0.29) is 0 Å². The van der Waals surface area contributed by atoms with Crippen LogP contribution in [0.2, 0.25) is 0 Å². The molecule has 1 aliphatic rings. The molecule has 0 atom stereocenters. The second kappa shape index (κ2) is 5.17. The molecular weight excluding hydrogens is 216 g/mol. The van der Waals surface area contributed by atoms with Crippen LogP contribution in [-0.4, -0.2) is 22.1 Å². The van der Waals surface area contributed by atoms with Crippen LogP contribution in [0.1, 0.15) is 48.0 Å². The average Bonchev–Trinajstić information content (AvgIpc) is 2.30. The Hall–Kier alpha value is -1.58. The van der Waals surface area contributed by atoms with Gasteiger partial charge in [-0.1, -0.05) is 19.3 Å². The average molecular weight is 234 g/mol. The monoisotopic (exact) mass is 234 g/mol. The van der Waals surface area contributed by atoms with Gasteiger partial charge >= 0.3 is 5.97 Å². The molecule has 92 valence electrons. The van der Waals surface area contributed by atoms with Crippen molar-refractivity contribution in [3.63, 3.8) is 0 Å². The van der Waals surface area contributed by atoms with Crippen LogP contribution in [0.15, 0.2) is 12.3 Å². The number of aromatic nitrogens is 1. The lowest BCUT2D eigenvalue weighted by molar-refractivity contribution is 0.0696. The normalized spacial score (nSPS) is 16.8. The molecule has 1 aliphatic carbocycles. The SMILES string of the molecule is Cc1ccnc(NC2CCCCC2)c1C(=O)O. The highest BCUT2D eigenvalue weighted by molar-refractivity contribution is 5.94. The maximum atomic E-state index is 11.2. The molecule has 0 saturated heterocycles. The number of carboxylic acid groups (broad SMARTS) is 1. The van der Waals surface area contributed by atoms with Crippen molar-refractivity contribution in [2.75, 3.05) is 5.32 Å². The van der Waals surface area contributed by atoms with Crippen LogP contribution in [0.3, 0.4) is 0 Å². The number of hydrogen-bond acceptors (Lipinski definition) is 3. The van der Waals surface area contributed by atoms with Crippen molar-refractivity contribution in [3.8, 4) is 0 Å². The van der Waals surface area contributed by atoms with Crippen molar-refractivity contribution in [2.24, 2.45) is 0 Å². The maximum absolute atomic E-state index is 11.2. The first-order valence-corrected chi connectivity index (χ1v) is 6.14. The van der Waals surface area contributed by atoms with Gasteiger partial charge in [0.25, 0.3) is 0 Å². The molecule has 2 N–H and O–H groups in total. The zero-order valence-corrected chi connectivity index (χ0v) is 10.1. The van der Waals surface area contributed by atoms with E-state index in [0.29, 0.717) is 17.4 Å². The number of carbonyl (C=O) groups is 1. The third-order valence-electron chi connectivity index (χ3n) is 3.32. The molecule has 1 heterocycles. The van der Waals surface area contributed by atoms with Crippen molar-refractivity contribution in [1.29, 1.82) is 0 Å². The van der Waals surface area contributed by atoms with Crippen molar-refractivity contribution < 1.29 is 9.90 Å². The Kier molecular flexibility index (Phi) is 3.61. The molecule has 0 radical (unpaired) electrons. The van der Waals surface area contributed by atoms with Gasteiger partial charge in [0.1, 0.15) is 11.4 Å². The summed E-state index contributed by atoms with van der Waals surface area (Å²) in [5, 5.41) is 12.5. The summed E-state index contributed by atoms with van der Waals surface area (Å²) >= 11 is 0. The Bertz CT molecular complexity index is 412. The first-order chi connectivity index (χ1) is 8.18. The lowest BCUT2D eigenvalue weighted by Gasteiger charge is -2.24. The fourth-order valence-electron chi connectivity index (χ4n) is 2.38. The molecule has 1 saturated carbocycles. The van der Waals surface area contributed by atoms with Gasteiger partial charge < -0.3 is 10.4 Å². The summed E-state index contributed by atoms with van der Waals surface area (Å²) in [6.45, 7) is 1.80. The molecule has 0 amide bonds. The molecule has 0 unspecified atom stereocenters. The number of carboxylic acids is 1. The minimum Gasteiger partial charge on any atom is -0.478 e. The van der Waals surface area contributed by atoms with Gasteiger partial charge in [-0.25, -0.2) is 9.78 Å². The summed E-state index contributed by atoms with van der Waals surface area (Å²) in [5.41, 5.74) is 1.06. The minimum atomic E-state index is -0.908. The van der Waals surface area contributed by atoms with E-state index in [2.05, 4.69) is 10.3 Å². The molecule has 0 aliphatic heterocycles. The zero-order valence-electron chi connectivity index (χ0n) is 10.1. The minimum absolute atomic E-state index is 0.304. The second-order valence-electron chi connectivity index (χ2n) is 4.64. The van der Waals surface area contributed by atoms with Crippen LogP contribution in [0.25, 0.3) is 0 Å². The number of pyridine rings is 1. The molecule has 0 aromatic carbocycles. The van der Waals surface area contributed by atoms with E-state index < -0.39 is 5.97 Å². The highest BCUT2D eigenvalue weighted by Gasteiger charge is 2.19. The van der Waals surface area contributed by atoms with Crippen LogP contribution in [0, 0.1) is 6.92 Å². The zero-order chi connectivity index (χ0) is 12.3. The van der Waals surface area contributed by atoms with Gasteiger partial charge in [-0.3, -0.25) is 0 Å². The van der Waals surface area contributed by atoms with Crippen LogP contribution in [0.4, 0.5) is 5.82 Å². The van der Waals surface area contributed by atoms with Crippen LogP contribution in [-0.2, 0) is 0 Å². The van der Waals surface area contributed by atoms with Crippen LogP contribution >= 0.6 is 0 Å². The Balaban J connectivity index is 2.19. The molecule has 4 nitrogen and oxygen atoms in total. The number of hydrogen-bond donors (Lipinski definition) is 2. The van der Waals surface area contributed by atoms with Gasteiger partial charge in [0.15, 0.2) is 0 Å². The third-order valence-corrected chi connectivity index (χ3v) is 3.32. The summed E-state index contributed by atoms with van der Waals surface area (Å²) in [6, 6.07) is 2.10. The van der Waals surface area contributed by atoms with Crippen molar-refractivity contribution in [1.82, 2.24) is 4.98 Å². The molecular formula is C13H18N2O2. The lowest BCUT2D eigenvalue weighted by atomic mass is 9.95. The molecule has 1 aromatic rings. The molecule has 1 aromatic heterocycles. The van der Waals surface area contributed by atoms with Crippen molar-refractivity contribution in [3.05, 3.63) is 23.4 Å². The maximum Gasteiger partial charge on any atom is 0.339 e. The fraction of sp³-hybridized carbons (Fsp3) is 0.538. The number of nitrogens with zero attached hydrogens (tertiary/aromatic N) is 1. The Morgan fingerprint density at radius 3 is 2.76 bits per heavy atom. The molecule has 1 fully saturated rings. The molecule has 0 spiro atoms. The van der Waals surface area contributed by atoms with Gasteiger partial charge in [0.2, 0.25) is 0 Å². The quantitative estimate of drug-likeness (QED) is 0.844. The second-order valence-corrected chi connectivity index (χ2v) is 4.64. The first kappa shape index (κ1) is 11.9. The lowest BCUT2D eigenvalue weighted by Crippen LogP contribution is -2.24. The Morgan fingerprint density at radius 2 is 2.12 bits per heavy atom. The van der Waals surface area contributed by atoms with E-state index in [1.807, 2.05) is 0 Å². The molecule has 0 bridgehead atoms. The summed E-state index contributed by atoms with van der Waals surface area (Å²) in [6.07, 6.45) is 7.58. The van der Waals surface area contributed by atoms with E-state index in [1.165, 1.54) is 19.3 Å². The van der Waals surface area contributed by atoms with Gasteiger partial charge in [-0.2, -0.15) is 0 Å². The summed E-state index contributed by atoms with van der Waals surface area (Å²) in [4.78, 5) is 15.4. The molecule has 2 rings (SSSR count). The molecule has 17 heavy (non-hydrogen) atoms. The number of anilines is 1. The number of rotatable bonds is 3. The van der Waals surface area contributed by atoms with Gasteiger partial charge in [0.05, 0.1) is 0 Å².